The van der Waals surface area contributed by atoms with Gasteiger partial charge in [0.15, 0.2) is 5.79 Å². The van der Waals surface area contributed by atoms with Crippen molar-refractivity contribution in [3.05, 3.63) is 23.4 Å². The Kier molecular flexibility index (Phi) is 2.74. The van der Waals surface area contributed by atoms with Crippen LogP contribution >= 0.6 is 0 Å². The number of hydrogen-bond acceptors (Lipinski definition) is 4. The molecule has 1 aliphatic carbocycles. The Morgan fingerprint density at radius 3 is 2.79 bits per heavy atom. The summed E-state index contributed by atoms with van der Waals surface area (Å²) < 4.78 is 11.6. The number of anilines is 1. The molecule has 0 atom stereocenters. The molecule has 1 spiro atoms. The lowest BCUT2D eigenvalue weighted by Gasteiger charge is -2.35. The summed E-state index contributed by atoms with van der Waals surface area (Å²) in [5.41, 5.74) is 2.78. The Labute approximate surface area is 113 Å². The standard InChI is InChI=1S/C15H20N2O2/c1-4-15(18-7-8-19-15)5-2-11(1)13-9-12-3-6-16-14(12)17-10-13/h9-11H,1-8H2,(H,16,17). The Bertz CT molecular complexity index is 473. The van der Waals surface area contributed by atoms with Crippen molar-refractivity contribution in [1.29, 1.82) is 0 Å². The first-order chi connectivity index (χ1) is 9.35. The minimum Gasteiger partial charge on any atom is -0.370 e. The fourth-order valence-corrected chi connectivity index (χ4v) is 3.59. The number of rotatable bonds is 1. The Morgan fingerprint density at radius 2 is 2.00 bits per heavy atom. The monoisotopic (exact) mass is 260 g/mol. The van der Waals surface area contributed by atoms with Gasteiger partial charge in [0, 0.05) is 25.6 Å². The predicted octanol–water partition coefficient (Wildman–Crippen LogP) is 2.45. The van der Waals surface area contributed by atoms with Gasteiger partial charge in [-0.25, -0.2) is 4.98 Å². The molecule has 1 aromatic rings. The fourth-order valence-electron chi connectivity index (χ4n) is 3.59. The third-order valence-electron chi connectivity index (χ3n) is 4.71. The van der Waals surface area contributed by atoms with Gasteiger partial charge in [0.1, 0.15) is 5.82 Å². The van der Waals surface area contributed by atoms with E-state index in [1.54, 1.807) is 0 Å². The van der Waals surface area contributed by atoms with Gasteiger partial charge in [0.25, 0.3) is 0 Å². The Balaban J connectivity index is 1.49. The summed E-state index contributed by atoms with van der Waals surface area (Å²) in [5, 5.41) is 3.32. The third-order valence-corrected chi connectivity index (χ3v) is 4.71. The summed E-state index contributed by atoms with van der Waals surface area (Å²) in [6, 6.07) is 2.35. The van der Waals surface area contributed by atoms with Crippen LogP contribution in [-0.2, 0) is 15.9 Å². The molecule has 0 amide bonds. The average molecular weight is 260 g/mol. The Hall–Kier alpha value is -1.13. The van der Waals surface area contributed by atoms with Crippen molar-refractivity contribution < 1.29 is 9.47 Å². The van der Waals surface area contributed by atoms with Gasteiger partial charge in [0.2, 0.25) is 0 Å². The van der Waals surface area contributed by atoms with Gasteiger partial charge >= 0.3 is 0 Å². The fraction of sp³-hybridized carbons (Fsp3) is 0.667. The van der Waals surface area contributed by atoms with Crippen molar-refractivity contribution in [1.82, 2.24) is 4.98 Å². The molecule has 3 heterocycles. The zero-order chi connectivity index (χ0) is 12.7. The molecule has 0 aromatic carbocycles. The second kappa shape index (κ2) is 4.46. The molecule has 0 bridgehead atoms. The highest BCUT2D eigenvalue weighted by Crippen LogP contribution is 2.42. The van der Waals surface area contributed by atoms with Gasteiger partial charge in [-0.05, 0) is 36.3 Å². The van der Waals surface area contributed by atoms with E-state index in [2.05, 4.69) is 22.6 Å². The number of nitrogens with zero attached hydrogens (tertiary/aromatic N) is 1. The third kappa shape index (κ3) is 2.03. The lowest BCUT2D eigenvalue weighted by Crippen LogP contribution is -2.34. The highest BCUT2D eigenvalue weighted by molar-refractivity contribution is 5.50. The number of hydrogen-bond donors (Lipinski definition) is 1. The second-order valence-electron chi connectivity index (χ2n) is 5.84. The summed E-state index contributed by atoms with van der Waals surface area (Å²) in [7, 11) is 0. The maximum absolute atomic E-state index is 5.79. The van der Waals surface area contributed by atoms with Crippen molar-refractivity contribution in [2.45, 2.75) is 43.8 Å². The number of aromatic nitrogens is 1. The summed E-state index contributed by atoms with van der Waals surface area (Å²) in [4.78, 5) is 4.55. The van der Waals surface area contributed by atoms with E-state index in [9.17, 15) is 0 Å². The highest BCUT2D eigenvalue weighted by Gasteiger charge is 2.40. The molecule has 3 aliphatic rings. The molecule has 102 valence electrons. The summed E-state index contributed by atoms with van der Waals surface area (Å²) in [6.45, 7) is 2.55. The normalized spacial score (nSPS) is 25.5. The van der Waals surface area contributed by atoms with Crippen LogP contribution in [-0.4, -0.2) is 30.5 Å². The molecule has 0 radical (unpaired) electrons. The minimum absolute atomic E-state index is 0.248. The molecule has 1 saturated carbocycles. The molecule has 2 aliphatic heterocycles. The topological polar surface area (TPSA) is 43.4 Å². The smallest absolute Gasteiger partial charge is 0.168 e. The first-order valence-electron chi connectivity index (χ1n) is 7.35. The second-order valence-corrected chi connectivity index (χ2v) is 5.84. The SMILES string of the molecule is c1nc2c(cc1C1CCC3(CC1)OCCO3)CCN2. The van der Waals surface area contributed by atoms with Gasteiger partial charge < -0.3 is 14.8 Å². The molecule has 1 saturated heterocycles. The van der Waals surface area contributed by atoms with Crippen LogP contribution in [0.5, 0.6) is 0 Å². The van der Waals surface area contributed by atoms with Crippen LogP contribution in [0.1, 0.15) is 42.7 Å². The number of ether oxygens (including phenoxy) is 2. The highest BCUT2D eigenvalue weighted by atomic mass is 16.7. The zero-order valence-corrected chi connectivity index (χ0v) is 11.2. The largest absolute Gasteiger partial charge is 0.370 e. The molecular formula is C15H20N2O2. The molecular weight excluding hydrogens is 240 g/mol. The summed E-state index contributed by atoms with van der Waals surface area (Å²) >= 11 is 0. The van der Waals surface area contributed by atoms with E-state index in [1.807, 2.05) is 0 Å². The number of pyridine rings is 1. The van der Waals surface area contributed by atoms with Crippen molar-refractivity contribution in [3.63, 3.8) is 0 Å². The maximum Gasteiger partial charge on any atom is 0.168 e. The molecule has 1 N–H and O–H groups in total. The molecule has 0 unspecified atom stereocenters. The van der Waals surface area contributed by atoms with Crippen molar-refractivity contribution in [3.8, 4) is 0 Å². The predicted molar refractivity (Wildman–Crippen MR) is 72.3 cm³/mol. The van der Waals surface area contributed by atoms with Gasteiger partial charge in [-0.1, -0.05) is 6.07 Å². The van der Waals surface area contributed by atoms with Crippen molar-refractivity contribution >= 4 is 5.82 Å². The number of nitrogens with one attached hydrogen (secondary N) is 1. The van der Waals surface area contributed by atoms with E-state index in [-0.39, 0.29) is 5.79 Å². The first-order valence-corrected chi connectivity index (χ1v) is 7.35. The minimum atomic E-state index is -0.248. The Morgan fingerprint density at radius 1 is 1.21 bits per heavy atom. The molecule has 4 rings (SSSR count). The molecule has 4 heteroatoms. The van der Waals surface area contributed by atoms with Gasteiger partial charge in [-0.15, -0.1) is 0 Å². The van der Waals surface area contributed by atoms with E-state index in [0.717, 1.165) is 57.7 Å². The van der Waals surface area contributed by atoms with E-state index >= 15 is 0 Å². The van der Waals surface area contributed by atoms with Crippen molar-refractivity contribution in [2.24, 2.45) is 0 Å². The van der Waals surface area contributed by atoms with Crippen LogP contribution in [0.4, 0.5) is 5.82 Å². The zero-order valence-electron chi connectivity index (χ0n) is 11.2. The molecule has 19 heavy (non-hydrogen) atoms. The van der Waals surface area contributed by atoms with Crippen LogP contribution in [0, 0.1) is 0 Å². The van der Waals surface area contributed by atoms with E-state index in [4.69, 9.17) is 9.47 Å². The quantitative estimate of drug-likeness (QED) is 0.842. The van der Waals surface area contributed by atoms with Gasteiger partial charge in [-0.2, -0.15) is 0 Å². The summed E-state index contributed by atoms with van der Waals surface area (Å²) in [5.74, 6) is 1.46. The molecule has 2 fully saturated rings. The first kappa shape index (κ1) is 11.7. The van der Waals surface area contributed by atoms with Gasteiger partial charge in [0.05, 0.1) is 13.2 Å². The lowest BCUT2D eigenvalue weighted by molar-refractivity contribution is -0.178. The maximum atomic E-state index is 5.79. The molecule has 1 aromatic heterocycles. The lowest BCUT2D eigenvalue weighted by atomic mass is 9.81. The van der Waals surface area contributed by atoms with E-state index < -0.39 is 0 Å². The van der Waals surface area contributed by atoms with Crippen LogP contribution < -0.4 is 5.32 Å². The molecule has 4 nitrogen and oxygen atoms in total. The van der Waals surface area contributed by atoms with Crippen LogP contribution in [0.25, 0.3) is 0 Å². The van der Waals surface area contributed by atoms with E-state index in [1.165, 1.54) is 11.1 Å². The van der Waals surface area contributed by atoms with Crippen LogP contribution in [0.15, 0.2) is 12.3 Å². The average Bonchev–Trinajstić information content (AvgIpc) is 3.08. The van der Waals surface area contributed by atoms with Crippen LogP contribution in [0.3, 0.4) is 0 Å². The van der Waals surface area contributed by atoms with Crippen molar-refractivity contribution in [2.75, 3.05) is 25.1 Å². The van der Waals surface area contributed by atoms with E-state index in [0.29, 0.717) is 5.92 Å². The summed E-state index contributed by atoms with van der Waals surface area (Å²) in [6.07, 6.45) is 7.50. The van der Waals surface area contributed by atoms with Crippen LogP contribution in [0.2, 0.25) is 0 Å². The van der Waals surface area contributed by atoms with Gasteiger partial charge in [-0.3, -0.25) is 0 Å². The number of fused-ring (bicyclic) bond motifs is 1.